The van der Waals surface area contributed by atoms with E-state index in [1.54, 1.807) is 6.08 Å². The Morgan fingerprint density at radius 2 is 1.42 bits per heavy atom. The Labute approximate surface area is 407 Å². The van der Waals surface area contributed by atoms with E-state index in [1.807, 2.05) is 12.2 Å². The number of aromatic nitrogens is 2. The van der Waals surface area contributed by atoms with Crippen LogP contribution in [0.5, 0.6) is 0 Å². The molecule has 8 N–H and O–H groups in total. The Bertz CT molecular complexity index is 1850. The summed E-state index contributed by atoms with van der Waals surface area (Å²) in [7, 11) is -11.0. The number of nitrogens with two attached hydrogens (primary N) is 1. The normalized spacial score (nSPS) is 21.1. The van der Waals surface area contributed by atoms with E-state index in [9.17, 15) is 53.7 Å². The fourth-order valence-electron chi connectivity index (χ4n) is 7.10. The highest BCUT2D eigenvalue weighted by Crippen LogP contribution is 2.60. The molecule has 1 aromatic rings. The van der Waals surface area contributed by atoms with Gasteiger partial charge in [0.25, 0.3) is 0 Å². The molecule has 1 fully saturated rings. The van der Waals surface area contributed by atoms with Gasteiger partial charge < -0.3 is 50.2 Å². The topological polar surface area (TPSA) is 306 Å². The van der Waals surface area contributed by atoms with Crippen molar-refractivity contribution in [1.82, 2.24) is 9.55 Å². The number of carbonyl (C=O) groups excluding carboxylic acids is 2. The summed E-state index contributed by atoms with van der Waals surface area (Å²) in [6.45, 7) is 4.09. The van der Waals surface area contributed by atoms with Gasteiger partial charge in [-0.05, 0) is 63.4 Å². The molecule has 1 aliphatic rings. The number of phosphoric ester groups is 2. The number of ether oxygens (including phenoxy) is 3. The number of nitrogens with zero attached hydrogens (tertiary/aromatic N) is 2. The monoisotopic (exact) mass is 1020 g/mol. The molecule has 5 unspecified atom stereocenters. The zero-order chi connectivity index (χ0) is 51.1. The minimum Gasteiger partial charge on any atom is -0.462 e. The number of rotatable bonds is 39. The van der Waals surface area contributed by atoms with E-state index < -0.39 is 95.9 Å². The number of allylic oxidation sites excluding steroid dienone is 5. The number of nitrogen functional groups attached to an aromatic ring is 1. The molecule has 0 bridgehead atoms. The molecule has 0 saturated carbocycles. The van der Waals surface area contributed by atoms with Crippen LogP contribution in [0, 0.1) is 5.92 Å². The van der Waals surface area contributed by atoms with Gasteiger partial charge in [0, 0.05) is 19.0 Å². The van der Waals surface area contributed by atoms with Gasteiger partial charge in [-0.3, -0.25) is 23.2 Å². The van der Waals surface area contributed by atoms with Crippen molar-refractivity contribution >= 4 is 33.4 Å². The van der Waals surface area contributed by atoms with E-state index in [4.69, 9.17) is 29.0 Å². The van der Waals surface area contributed by atoms with Gasteiger partial charge in [-0.1, -0.05) is 128 Å². The molecule has 10 atom stereocenters. The SMILES string of the molecule is CCCCC/C=C\C/C=C\C/C=C\CC(O)C(O)CCCC(=O)OC[C@H](COP(=O)(O)OP(=O)(O)OC[C@H]1O[C@@H](n2ccc(N)nc2=O)[C@H](O)[C@@H]1O)OC(=O)CCCCCCCCCCC(C)CC. The standard InChI is InChI=1S/C47H81N3O17P2/c1-4-6-7-8-9-10-11-12-13-17-20-23-27-38(51)39(52)28-25-30-42(53)62-33-37(65-43(54)29-24-21-18-15-14-16-19-22-26-36(3)5-2)34-63-68(58,59)67-69(60,61)64-35-40-44(55)45(56)46(66-40)50-32-31-41(48)49-47(50)57/h9-10,12-13,20,23,31-32,36-40,44-46,51-52,55-56H,4-8,11,14-19,21-22,24-30,33-35H2,1-3H3,(H,58,59)(H,60,61)(H2,48,49,57)/b10-9-,13-12-,23-20-/t36?,37-,38?,39?,40-,44-,45-,46-/m1/s1. The first-order valence-electron chi connectivity index (χ1n) is 24.6. The third kappa shape index (κ3) is 27.9. The quantitative estimate of drug-likeness (QED) is 0.0146. The van der Waals surface area contributed by atoms with Crippen LogP contribution in [-0.2, 0) is 46.3 Å². The third-order valence-corrected chi connectivity index (χ3v) is 14.1. The highest BCUT2D eigenvalue weighted by atomic mass is 31.3. The number of phosphoric acid groups is 2. The number of unbranched alkanes of at least 4 members (excludes halogenated alkanes) is 10. The lowest BCUT2D eigenvalue weighted by Gasteiger charge is -2.21. The fourth-order valence-corrected chi connectivity index (χ4v) is 9.21. The average molecular weight is 1020 g/mol. The molecule has 0 spiro atoms. The Balaban J connectivity index is 1.88. The summed E-state index contributed by atoms with van der Waals surface area (Å²) in [4.78, 5) is 61.8. The maximum Gasteiger partial charge on any atom is 0.481 e. The molecular weight excluding hydrogens is 940 g/mol. The highest BCUT2D eigenvalue weighted by molar-refractivity contribution is 7.61. The second-order valence-corrected chi connectivity index (χ2v) is 20.6. The Kier molecular flexibility index (Phi) is 31.5. The van der Waals surface area contributed by atoms with E-state index in [0.29, 0.717) is 12.8 Å². The van der Waals surface area contributed by atoms with Crippen molar-refractivity contribution in [3.63, 3.8) is 0 Å². The van der Waals surface area contributed by atoms with Crippen LogP contribution in [0.15, 0.2) is 53.5 Å². The summed E-state index contributed by atoms with van der Waals surface area (Å²) in [6, 6.07) is 1.23. The number of aliphatic hydroxyl groups excluding tert-OH is 4. The van der Waals surface area contributed by atoms with Crippen LogP contribution < -0.4 is 11.4 Å². The van der Waals surface area contributed by atoms with Crippen molar-refractivity contribution in [2.75, 3.05) is 25.6 Å². The van der Waals surface area contributed by atoms with Gasteiger partial charge in [0.05, 0.1) is 25.4 Å². The Morgan fingerprint density at radius 1 is 0.797 bits per heavy atom. The van der Waals surface area contributed by atoms with Gasteiger partial charge in [-0.2, -0.15) is 9.29 Å². The first kappa shape index (κ1) is 62.0. The molecule has 1 aliphatic heterocycles. The summed E-state index contributed by atoms with van der Waals surface area (Å²) in [6.07, 6.45) is 19.9. The maximum absolute atomic E-state index is 12.8. The second kappa shape index (κ2) is 35.1. The maximum atomic E-state index is 12.8. The Hall–Kier alpha value is -3.10. The van der Waals surface area contributed by atoms with Gasteiger partial charge in [0.1, 0.15) is 30.7 Å². The van der Waals surface area contributed by atoms with Crippen molar-refractivity contribution in [3.05, 3.63) is 59.2 Å². The first-order valence-corrected chi connectivity index (χ1v) is 27.6. The summed E-state index contributed by atoms with van der Waals surface area (Å²) in [5.74, 6) is -0.855. The molecule has 0 aromatic carbocycles. The van der Waals surface area contributed by atoms with Crippen molar-refractivity contribution < 1.29 is 76.5 Å². The van der Waals surface area contributed by atoms with Crippen LogP contribution in [0.4, 0.5) is 5.82 Å². The van der Waals surface area contributed by atoms with Crippen LogP contribution in [0.25, 0.3) is 0 Å². The van der Waals surface area contributed by atoms with Crippen LogP contribution in [-0.4, -0.2) is 108 Å². The predicted octanol–water partition coefficient (Wildman–Crippen LogP) is 7.41. The number of aliphatic hydroxyl groups is 4. The van der Waals surface area contributed by atoms with Crippen LogP contribution in [0.3, 0.4) is 0 Å². The molecule has 1 saturated heterocycles. The lowest BCUT2D eigenvalue weighted by molar-refractivity contribution is -0.161. The first-order chi connectivity index (χ1) is 32.9. The summed E-state index contributed by atoms with van der Waals surface area (Å²) in [5, 5.41) is 41.7. The van der Waals surface area contributed by atoms with Crippen molar-refractivity contribution in [1.29, 1.82) is 0 Å². The second-order valence-electron chi connectivity index (χ2n) is 17.5. The molecule has 2 heterocycles. The smallest absolute Gasteiger partial charge is 0.462 e. The number of esters is 2. The summed E-state index contributed by atoms with van der Waals surface area (Å²) < 4.78 is 56.5. The third-order valence-electron chi connectivity index (χ3n) is 11.5. The molecule has 0 aliphatic carbocycles. The number of anilines is 1. The molecule has 2 rings (SSSR count). The van der Waals surface area contributed by atoms with E-state index in [2.05, 4.69) is 48.3 Å². The van der Waals surface area contributed by atoms with Crippen LogP contribution in [0.1, 0.15) is 162 Å². The Morgan fingerprint density at radius 3 is 2.09 bits per heavy atom. The minimum atomic E-state index is -5.48. The molecule has 20 nitrogen and oxygen atoms in total. The van der Waals surface area contributed by atoms with Crippen molar-refractivity contribution in [2.24, 2.45) is 5.92 Å². The summed E-state index contributed by atoms with van der Waals surface area (Å²) in [5.41, 5.74) is 4.56. The number of carbonyl (C=O) groups is 2. The molecule has 69 heavy (non-hydrogen) atoms. The lowest BCUT2D eigenvalue weighted by atomic mass is 9.99. The largest absolute Gasteiger partial charge is 0.481 e. The zero-order valence-corrected chi connectivity index (χ0v) is 42.5. The molecule has 0 amide bonds. The van der Waals surface area contributed by atoms with Gasteiger partial charge >= 0.3 is 33.3 Å². The molecule has 0 radical (unpaired) electrons. The van der Waals surface area contributed by atoms with Gasteiger partial charge in [0.2, 0.25) is 0 Å². The molecule has 1 aromatic heterocycles. The van der Waals surface area contributed by atoms with E-state index in [0.717, 1.165) is 61.6 Å². The van der Waals surface area contributed by atoms with Crippen molar-refractivity contribution in [2.45, 2.75) is 198 Å². The van der Waals surface area contributed by atoms with E-state index in [1.165, 1.54) is 51.0 Å². The van der Waals surface area contributed by atoms with Crippen LogP contribution in [0.2, 0.25) is 0 Å². The highest BCUT2D eigenvalue weighted by Gasteiger charge is 2.46. The number of hydrogen-bond donors (Lipinski definition) is 7. The molecular formula is C47H81N3O17P2. The van der Waals surface area contributed by atoms with Gasteiger partial charge in [-0.15, -0.1) is 0 Å². The minimum absolute atomic E-state index is 0.0105. The van der Waals surface area contributed by atoms with E-state index in [-0.39, 0.29) is 37.9 Å². The summed E-state index contributed by atoms with van der Waals surface area (Å²) >= 11 is 0. The number of hydrogen-bond acceptors (Lipinski definition) is 17. The molecule has 396 valence electrons. The predicted molar refractivity (Wildman–Crippen MR) is 259 cm³/mol. The van der Waals surface area contributed by atoms with E-state index >= 15 is 0 Å². The van der Waals surface area contributed by atoms with Crippen LogP contribution >= 0.6 is 15.6 Å². The van der Waals surface area contributed by atoms with Gasteiger partial charge in [0.15, 0.2) is 12.3 Å². The molecule has 22 heteroatoms. The zero-order valence-electron chi connectivity index (χ0n) is 40.7. The fraction of sp³-hybridized carbons (Fsp3) is 0.745. The lowest BCUT2D eigenvalue weighted by Crippen LogP contribution is -2.36. The van der Waals surface area contributed by atoms with Crippen molar-refractivity contribution in [3.8, 4) is 0 Å². The average Bonchev–Trinajstić information content (AvgIpc) is 3.58. The van der Waals surface area contributed by atoms with Gasteiger partial charge in [-0.25, -0.2) is 13.9 Å².